The molecule has 0 aliphatic rings. The second-order valence-electron chi connectivity index (χ2n) is 5.07. The predicted molar refractivity (Wildman–Crippen MR) is 90.6 cm³/mol. The fourth-order valence-corrected chi connectivity index (χ4v) is 1.73. The van der Waals surface area contributed by atoms with E-state index in [2.05, 4.69) is 5.32 Å². The number of aliphatic carboxylic acids is 2. The van der Waals surface area contributed by atoms with E-state index >= 15 is 0 Å². The van der Waals surface area contributed by atoms with Crippen LogP contribution < -0.4 is 27.0 Å². The molecule has 145 valence electrons. The molecule has 0 saturated carbocycles. The molecule has 0 saturated heterocycles. The number of carbonyl (C=O) groups excluding carboxylic acids is 3. The van der Waals surface area contributed by atoms with Gasteiger partial charge in [0.05, 0.1) is 5.97 Å². The second kappa shape index (κ2) is 18.3. The van der Waals surface area contributed by atoms with Gasteiger partial charge >= 0.3 is 6.03 Å². The molecule has 0 bridgehead atoms. The van der Waals surface area contributed by atoms with E-state index < -0.39 is 24.0 Å². The van der Waals surface area contributed by atoms with Crippen molar-refractivity contribution in [2.45, 2.75) is 38.1 Å². The number of urea groups is 1. The predicted octanol–water partition coefficient (Wildman–Crippen LogP) is -1.28. The van der Waals surface area contributed by atoms with Crippen molar-refractivity contribution < 1.29 is 57.3 Å². The zero-order valence-corrected chi connectivity index (χ0v) is 17.8. The van der Waals surface area contributed by atoms with Gasteiger partial charge in [0.25, 0.3) is 0 Å². The number of nitrogens with two attached hydrogens (primary N) is 2. The Morgan fingerprint density at radius 1 is 1.08 bits per heavy atom. The fraction of sp³-hybridized carbons (Fsp3) is 0.412. The minimum absolute atomic E-state index is 0. The smallest absolute Gasteiger partial charge is 0.312 e. The van der Waals surface area contributed by atoms with Crippen LogP contribution in [0.1, 0.15) is 31.2 Å². The van der Waals surface area contributed by atoms with Gasteiger partial charge in [-0.1, -0.05) is 30.3 Å². The molecule has 1 aromatic rings. The number of carboxylic acid groups (broad SMARTS) is 2. The number of nitrogens with one attached hydrogen (secondary N) is 1. The molecule has 5 N–H and O–H groups in total. The SMILES string of the molecule is NC(=O)NCCCC(N)C(=O)[O-].O=C([O-])CCCc1ccccc1.[CH3-].[Y]. The molecule has 9 heteroatoms. The molecule has 0 aliphatic carbocycles. The van der Waals surface area contributed by atoms with Gasteiger partial charge in [-0.15, -0.1) is 0 Å². The van der Waals surface area contributed by atoms with Crippen molar-refractivity contribution in [1.82, 2.24) is 5.32 Å². The van der Waals surface area contributed by atoms with Gasteiger partial charge in [-0.2, -0.15) is 0 Å². The number of hydrogen-bond acceptors (Lipinski definition) is 6. The molecular formula is C17H26N3O5Y-3. The summed E-state index contributed by atoms with van der Waals surface area (Å²) in [5.41, 5.74) is 11.1. The first-order chi connectivity index (χ1) is 11.3. The van der Waals surface area contributed by atoms with Gasteiger partial charge < -0.3 is 44.0 Å². The van der Waals surface area contributed by atoms with Gasteiger partial charge in [0, 0.05) is 51.3 Å². The zero-order chi connectivity index (χ0) is 18.4. The van der Waals surface area contributed by atoms with Gasteiger partial charge in [-0.3, -0.25) is 0 Å². The Morgan fingerprint density at radius 3 is 2.12 bits per heavy atom. The molecule has 2 amide bonds. The summed E-state index contributed by atoms with van der Waals surface area (Å²) in [4.78, 5) is 30.3. The first kappa shape index (κ1) is 29.3. The number of benzene rings is 1. The molecule has 0 spiro atoms. The van der Waals surface area contributed by atoms with Crippen LogP contribution in [0.2, 0.25) is 0 Å². The number of carboxylic acids is 2. The Bertz CT molecular complexity index is 514. The van der Waals surface area contributed by atoms with Gasteiger partial charge in [-0.05, 0) is 37.7 Å². The van der Waals surface area contributed by atoms with Crippen LogP contribution in [-0.2, 0) is 48.7 Å². The molecule has 1 unspecified atom stereocenters. The van der Waals surface area contributed by atoms with Crippen molar-refractivity contribution >= 4 is 18.0 Å². The molecule has 1 radical (unpaired) electrons. The number of rotatable bonds is 9. The topological polar surface area (TPSA) is 161 Å². The Hall–Kier alpha value is -1.51. The van der Waals surface area contributed by atoms with E-state index in [1.54, 1.807) is 0 Å². The van der Waals surface area contributed by atoms with E-state index in [-0.39, 0.29) is 53.0 Å². The van der Waals surface area contributed by atoms with Crippen molar-refractivity contribution in [3.63, 3.8) is 0 Å². The summed E-state index contributed by atoms with van der Waals surface area (Å²) in [6, 6.07) is 8.24. The summed E-state index contributed by atoms with van der Waals surface area (Å²) < 4.78 is 0. The van der Waals surface area contributed by atoms with Crippen molar-refractivity contribution in [3.05, 3.63) is 43.3 Å². The maximum atomic E-state index is 10.1. The summed E-state index contributed by atoms with van der Waals surface area (Å²) in [5, 5.41) is 22.5. The molecule has 0 heterocycles. The Morgan fingerprint density at radius 2 is 1.65 bits per heavy atom. The first-order valence-corrected chi connectivity index (χ1v) is 7.56. The average Bonchev–Trinajstić information content (AvgIpc) is 2.52. The van der Waals surface area contributed by atoms with Crippen molar-refractivity contribution in [2.24, 2.45) is 11.5 Å². The summed E-state index contributed by atoms with van der Waals surface area (Å²) in [5.74, 6) is -2.25. The van der Waals surface area contributed by atoms with Crippen LogP contribution in [-0.4, -0.2) is 30.6 Å². The third kappa shape index (κ3) is 18.8. The van der Waals surface area contributed by atoms with Crippen molar-refractivity contribution in [3.8, 4) is 0 Å². The largest absolute Gasteiger partial charge is 0.550 e. The minimum atomic E-state index is -1.28. The molecule has 0 fully saturated rings. The molecule has 0 aromatic heterocycles. The zero-order valence-electron chi connectivity index (χ0n) is 15.0. The van der Waals surface area contributed by atoms with Crippen molar-refractivity contribution in [1.29, 1.82) is 0 Å². The fourth-order valence-electron chi connectivity index (χ4n) is 1.73. The second-order valence-corrected chi connectivity index (χ2v) is 5.07. The van der Waals surface area contributed by atoms with E-state index in [1.165, 1.54) is 5.56 Å². The normalized spacial score (nSPS) is 10.0. The maximum Gasteiger partial charge on any atom is 0.312 e. The number of amides is 2. The number of hydrogen-bond donors (Lipinski definition) is 3. The first-order valence-electron chi connectivity index (χ1n) is 7.56. The van der Waals surface area contributed by atoms with Crippen LogP contribution in [0.25, 0.3) is 0 Å². The Labute approximate surface area is 179 Å². The van der Waals surface area contributed by atoms with Gasteiger partial charge in [0.15, 0.2) is 0 Å². The molecule has 26 heavy (non-hydrogen) atoms. The Balaban J connectivity index is -0.000000378. The average molecular weight is 441 g/mol. The summed E-state index contributed by atoms with van der Waals surface area (Å²) >= 11 is 0. The third-order valence-electron chi connectivity index (χ3n) is 2.98. The molecular weight excluding hydrogens is 415 g/mol. The number of primary amides is 1. The molecule has 8 nitrogen and oxygen atoms in total. The minimum Gasteiger partial charge on any atom is -0.550 e. The molecule has 1 aromatic carbocycles. The monoisotopic (exact) mass is 441 g/mol. The van der Waals surface area contributed by atoms with Crippen LogP contribution in [0.3, 0.4) is 0 Å². The van der Waals surface area contributed by atoms with E-state index in [1.807, 2.05) is 30.3 Å². The Kier molecular flexibility index (Phi) is 20.6. The van der Waals surface area contributed by atoms with Crippen LogP contribution in [0, 0.1) is 7.43 Å². The van der Waals surface area contributed by atoms with Gasteiger partial charge in [0.2, 0.25) is 0 Å². The van der Waals surface area contributed by atoms with Crippen molar-refractivity contribution in [2.75, 3.05) is 6.54 Å². The quantitative estimate of drug-likeness (QED) is 0.319. The van der Waals surface area contributed by atoms with Crippen LogP contribution >= 0.6 is 0 Å². The molecule has 0 aliphatic heterocycles. The van der Waals surface area contributed by atoms with E-state index in [0.29, 0.717) is 19.4 Å². The third-order valence-corrected chi connectivity index (χ3v) is 2.98. The van der Waals surface area contributed by atoms with Gasteiger partial charge in [-0.25, -0.2) is 4.79 Å². The molecule has 1 atom stereocenters. The number of aryl methyl sites for hydroxylation is 1. The standard InChI is InChI=1S/C10H12O2.C6H13N3O3.CH3.Y/c11-10(12)8-4-7-9-5-2-1-3-6-9;7-4(5(10)11)2-1-3-9-6(8)12;;/h1-3,5-6H,4,7-8H2,(H,11,12);4H,1-3,7H2,(H,10,11)(H3,8,9,12);1H3;/q;;-1;/p-2. The summed E-state index contributed by atoms with van der Waals surface area (Å²) in [6.45, 7) is 0.330. The van der Waals surface area contributed by atoms with Crippen LogP contribution in [0.4, 0.5) is 4.79 Å². The molecule has 1 rings (SSSR count). The van der Waals surface area contributed by atoms with Crippen LogP contribution in [0.15, 0.2) is 30.3 Å². The summed E-state index contributed by atoms with van der Waals surface area (Å²) in [7, 11) is 0. The van der Waals surface area contributed by atoms with Gasteiger partial charge in [0.1, 0.15) is 0 Å². The summed E-state index contributed by atoms with van der Waals surface area (Å²) in [6.07, 6.45) is 2.36. The van der Waals surface area contributed by atoms with E-state index in [0.717, 1.165) is 6.42 Å². The van der Waals surface area contributed by atoms with E-state index in [9.17, 15) is 24.6 Å². The number of carbonyl (C=O) groups is 3. The van der Waals surface area contributed by atoms with E-state index in [4.69, 9.17) is 11.5 Å². The van der Waals surface area contributed by atoms with Crippen LogP contribution in [0.5, 0.6) is 0 Å². The maximum absolute atomic E-state index is 10.1.